The van der Waals surface area contributed by atoms with Crippen molar-refractivity contribution in [2.45, 2.75) is 51.2 Å². The van der Waals surface area contributed by atoms with Crippen molar-refractivity contribution < 1.29 is 9.53 Å². The van der Waals surface area contributed by atoms with Crippen LogP contribution in [0.4, 0.5) is 0 Å². The Bertz CT molecular complexity index is 186. The van der Waals surface area contributed by atoms with E-state index in [0.29, 0.717) is 0 Å². The molecule has 1 aliphatic carbocycles. The first-order valence-electron chi connectivity index (χ1n) is 4.50. The van der Waals surface area contributed by atoms with E-state index in [2.05, 4.69) is 0 Å². The van der Waals surface area contributed by atoms with Crippen LogP contribution >= 0.6 is 12.4 Å². The fraction of sp³-hybridized carbons (Fsp3) is 0.889. The Labute approximate surface area is 85.4 Å². The van der Waals surface area contributed by atoms with Gasteiger partial charge in [0.25, 0.3) is 0 Å². The maximum atomic E-state index is 10.8. The monoisotopic (exact) mass is 207 g/mol. The Morgan fingerprint density at radius 1 is 1.54 bits per heavy atom. The lowest BCUT2D eigenvalue weighted by molar-refractivity contribution is -0.160. The molecule has 0 aliphatic heterocycles. The van der Waals surface area contributed by atoms with Gasteiger partial charge >= 0.3 is 5.97 Å². The highest BCUT2D eigenvalue weighted by atomic mass is 35.5. The van der Waals surface area contributed by atoms with Gasteiger partial charge < -0.3 is 10.5 Å². The maximum Gasteiger partial charge on any atom is 0.303 e. The number of nitrogens with two attached hydrogens (primary N) is 1. The zero-order valence-corrected chi connectivity index (χ0v) is 9.02. The molecular weight excluding hydrogens is 190 g/mol. The standard InChI is InChI=1S/C9H17NO2.ClH/c1-7(11)12-9(2)6-4-3-5-8(9)10;/h8H,3-6,10H2,1-2H3;1H/t8-,9?;/m0./s1. The zero-order valence-electron chi connectivity index (χ0n) is 8.21. The molecule has 0 aromatic carbocycles. The number of carbonyl (C=O) groups excluding carboxylic acids is 1. The summed E-state index contributed by atoms with van der Waals surface area (Å²) in [6.07, 6.45) is 4.12. The van der Waals surface area contributed by atoms with Gasteiger partial charge in [-0.05, 0) is 26.2 Å². The summed E-state index contributed by atoms with van der Waals surface area (Å²) in [7, 11) is 0. The van der Waals surface area contributed by atoms with Gasteiger partial charge in [-0.25, -0.2) is 0 Å². The van der Waals surface area contributed by atoms with Crippen molar-refractivity contribution in [1.82, 2.24) is 0 Å². The van der Waals surface area contributed by atoms with Crippen molar-refractivity contribution in [2.24, 2.45) is 5.73 Å². The number of hydrogen-bond acceptors (Lipinski definition) is 3. The number of carbonyl (C=O) groups is 1. The Morgan fingerprint density at radius 3 is 2.62 bits per heavy atom. The molecule has 78 valence electrons. The van der Waals surface area contributed by atoms with Crippen LogP contribution in [0.1, 0.15) is 39.5 Å². The van der Waals surface area contributed by atoms with E-state index >= 15 is 0 Å². The van der Waals surface area contributed by atoms with Gasteiger partial charge in [-0.3, -0.25) is 4.79 Å². The fourth-order valence-electron chi connectivity index (χ4n) is 1.79. The van der Waals surface area contributed by atoms with E-state index < -0.39 is 5.60 Å². The first-order chi connectivity index (χ1) is 5.54. The summed E-state index contributed by atoms with van der Waals surface area (Å²) < 4.78 is 5.23. The van der Waals surface area contributed by atoms with Gasteiger partial charge in [-0.15, -0.1) is 12.4 Å². The molecule has 0 amide bonds. The van der Waals surface area contributed by atoms with E-state index in [1.807, 2.05) is 6.92 Å². The topological polar surface area (TPSA) is 52.3 Å². The Morgan fingerprint density at radius 2 is 2.15 bits per heavy atom. The summed E-state index contributed by atoms with van der Waals surface area (Å²) in [5, 5.41) is 0. The molecule has 0 aromatic rings. The van der Waals surface area contributed by atoms with E-state index in [-0.39, 0.29) is 24.4 Å². The predicted molar refractivity (Wildman–Crippen MR) is 53.9 cm³/mol. The van der Waals surface area contributed by atoms with E-state index in [0.717, 1.165) is 25.7 Å². The molecule has 0 bridgehead atoms. The molecule has 1 aliphatic rings. The second kappa shape index (κ2) is 4.82. The lowest BCUT2D eigenvalue weighted by Gasteiger charge is -2.38. The fourth-order valence-corrected chi connectivity index (χ4v) is 1.79. The number of halogens is 1. The lowest BCUT2D eigenvalue weighted by atomic mass is 9.82. The predicted octanol–water partition coefficient (Wildman–Crippen LogP) is 1.63. The van der Waals surface area contributed by atoms with Crippen LogP contribution in [-0.2, 0) is 9.53 Å². The molecular formula is C9H18ClNO2. The number of ether oxygens (including phenoxy) is 1. The maximum absolute atomic E-state index is 10.8. The SMILES string of the molecule is CC(=O)OC1(C)CCCC[C@@H]1N.Cl. The van der Waals surface area contributed by atoms with Crippen molar-refractivity contribution in [3.8, 4) is 0 Å². The lowest BCUT2D eigenvalue weighted by Crippen LogP contribution is -2.50. The smallest absolute Gasteiger partial charge is 0.303 e. The molecule has 3 nitrogen and oxygen atoms in total. The molecule has 4 heteroatoms. The number of esters is 1. The molecule has 0 spiro atoms. The third-order valence-electron chi connectivity index (χ3n) is 2.60. The average molecular weight is 208 g/mol. The summed E-state index contributed by atoms with van der Waals surface area (Å²) in [5.74, 6) is -0.227. The molecule has 13 heavy (non-hydrogen) atoms. The van der Waals surface area contributed by atoms with Crippen molar-refractivity contribution in [3.63, 3.8) is 0 Å². The van der Waals surface area contributed by atoms with E-state index in [4.69, 9.17) is 10.5 Å². The van der Waals surface area contributed by atoms with Gasteiger partial charge in [0.1, 0.15) is 5.60 Å². The molecule has 2 atom stereocenters. The van der Waals surface area contributed by atoms with Crippen molar-refractivity contribution in [1.29, 1.82) is 0 Å². The number of hydrogen-bond donors (Lipinski definition) is 1. The van der Waals surface area contributed by atoms with Crippen LogP contribution in [0.3, 0.4) is 0 Å². The molecule has 2 N–H and O–H groups in total. The highest BCUT2D eigenvalue weighted by Gasteiger charge is 2.36. The highest BCUT2D eigenvalue weighted by molar-refractivity contribution is 5.85. The highest BCUT2D eigenvalue weighted by Crippen LogP contribution is 2.30. The van der Waals surface area contributed by atoms with Crippen LogP contribution in [-0.4, -0.2) is 17.6 Å². The van der Waals surface area contributed by atoms with Gasteiger partial charge in [0.05, 0.1) is 0 Å². The molecule has 0 radical (unpaired) electrons. The van der Waals surface area contributed by atoms with Gasteiger partial charge in [0.15, 0.2) is 0 Å². The van der Waals surface area contributed by atoms with E-state index in [1.165, 1.54) is 6.92 Å². The second-order valence-corrected chi connectivity index (χ2v) is 3.76. The van der Waals surface area contributed by atoms with Crippen LogP contribution in [0.2, 0.25) is 0 Å². The van der Waals surface area contributed by atoms with Crippen LogP contribution in [0.5, 0.6) is 0 Å². The largest absolute Gasteiger partial charge is 0.458 e. The Balaban J connectivity index is 0.00000144. The van der Waals surface area contributed by atoms with Crippen LogP contribution in [0, 0.1) is 0 Å². The molecule has 1 rings (SSSR count). The molecule has 1 unspecified atom stereocenters. The van der Waals surface area contributed by atoms with Crippen molar-refractivity contribution in [2.75, 3.05) is 0 Å². The minimum absolute atomic E-state index is 0. The zero-order chi connectivity index (χ0) is 9.19. The first-order valence-corrected chi connectivity index (χ1v) is 4.50. The summed E-state index contributed by atoms with van der Waals surface area (Å²) in [4.78, 5) is 10.8. The van der Waals surface area contributed by atoms with Crippen LogP contribution < -0.4 is 5.73 Å². The molecule has 0 aromatic heterocycles. The molecule has 0 saturated heterocycles. The van der Waals surface area contributed by atoms with Crippen LogP contribution in [0.15, 0.2) is 0 Å². The average Bonchev–Trinajstić information content (AvgIpc) is 1.94. The molecule has 1 fully saturated rings. The van der Waals surface area contributed by atoms with E-state index in [1.54, 1.807) is 0 Å². The van der Waals surface area contributed by atoms with E-state index in [9.17, 15) is 4.79 Å². The third-order valence-corrected chi connectivity index (χ3v) is 2.60. The van der Waals surface area contributed by atoms with Crippen molar-refractivity contribution in [3.05, 3.63) is 0 Å². The van der Waals surface area contributed by atoms with Crippen molar-refractivity contribution >= 4 is 18.4 Å². The van der Waals surface area contributed by atoms with Crippen LogP contribution in [0.25, 0.3) is 0 Å². The third kappa shape index (κ3) is 3.16. The quantitative estimate of drug-likeness (QED) is 0.665. The van der Waals surface area contributed by atoms with Gasteiger partial charge in [0.2, 0.25) is 0 Å². The second-order valence-electron chi connectivity index (χ2n) is 3.76. The summed E-state index contributed by atoms with van der Waals surface area (Å²) in [6.45, 7) is 3.37. The summed E-state index contributed by atoms with van der Waals surface area (Å²) in [6, 6.07) is 0.00940. The summed E-state index contributed by atoms with van der Waals surface area (Å²) in [5.41, 5.74) is 5.47. The first kappa shape index (κ1) is 12.7. The minimum Gasteiger partial charge on any atom is -0.458 e. The molecule has 0 heterocycles. The Kier molecular flexibility index (Phi) is 4.71. The van der Waals surface area contributed by atoms with Gasteiger partial charge in [0, 0.05) is 13.0 Å². The summed E-state index contributed by atoms with van der Waals surface area (Å²) >= 11 is 0. The van der Waals surface area contributed by atoms with Gasteiger partial charge in [-0.1, -0.05) is 6.42 Å². The van der Waals surface area contributed by atoms with Gasteiger partial charge in [-0.2, -0.15) is 0 Å². The molecule has 1 saturated carbocycles. The Hall–Kier alpha value is -0.280. The minimum atomic E-state index is -0.413. The normalized spacial score (nSPS) is 33.3. The number of rotatable bonds is 1.